The Bertz CT molecular complexity index is 807. The molecule has 2 amide bonds. The summed E-state index contributed by atoms with van der Waals surface area (Å²) in [7, 11) is -3.74. The summed E-state index contributed by atoms with van der Waals surface area (Å²) in [6.07, 6.45) is 2.02. The number of halogens is 1. The van der Waals surface area contributed by atoms with E-state index in [1.807, 2.05) is 0 Å². The fourth-order valence-electron chi connectivity index (χ4n) is 3.35. The van der Waals surface area contributed by atoms with Crippen LogP contribution >= 0.6 is 12.4 Å². The van der Waals surface area contributed by atoms with Crippen LogP contribution in [0.3, 0.4) is 0 Å². The number of nitrogens with one attached hydrogen (secondary N) is 3. The predicted octanol–water partition coefficient (Wildman–Crippen LogP) is 0.348. The van der Waals surface area contributed by atoms with E-state index in [4.69, 9.17) is 0 Å². The maximum absolute atomic E-state index is 12.6. The normalized spacial score (nSPS) is 20.0. The van der Waals surface area contributed by atoms with Gasteiger partial charge in [0.2, 0.25) is 15.9 Å². The number of sulfonamides is 1. The maximum atomic E-state index is 12.6. The highest BCUT2D eigenvalue weighted by molar-refractivity contribution is 7.89. The Balaban J connectivity index is 0.00000280. The van der Waals surface area contributed by atoms with Crippen molar-refractivity contribution in [1.29, 1.82) is 0 Å². The molecule has 0 atom stereocenters. The van der Waals surface area contributed by atoms with Crippen LogP contribution in [0.5, 0.6) is 0 Å². The molecule has 28 heavy (non-hydrogen) atoms. The van der Waals surface area contributed by atoms with Crippen molar-refractivity contribution in [2.45, 2.75) is 24.7 Å². The largest absolute Gasteiger partial charge is 0.354 e. The Morgan fingerprint density at radius 2 is 1.82 bits per heavy atom. The van der Waals surface area contributed by atoms with Crippen LogP contribution < -0.4 is 16.0 Å². The summed E-state index contributed by atoms with van der Waals surface area (Å²) in [5, 5.41) is 8.87. The topological polar surface area (TPSA) is 108 Å². The van der Waals surface area contributed by atoms with Crippen LogP contribution in [0.2, 0.25) is 0 Å². The number of rotatable bonds is 5. The third kappa shape index (κ3) is 5.22. The molecule has 8 nitrogen and oxygen atoms in total. The summed E-state index contributed by atoms with van der Waals surface area (Å²) < 4.78 is 26.4. The zero-order valence-electron chi connectivity index (χ0n) is 15.9. The van der Waals surface area contributed by atoms with E-state index in [9.17, 15) is 18.0 Å². The van der Waals surface area contributed by atoms with Gasteiger partial charge in [0.25, 0.3) is 5.91 Å². The van der Waals surface area contributed by atoms with Crippen molar-refractivity contribution < 1.29 is 18.0 Å². The molecule has 10 heteroatoms. The quantitative estimate of drug-likeness (QED) is 0.624. The first-order chi connectivity index (χ1) is 12.8. The summed E-state index contributed by atoms with van der Waals surface area (Å²) in [5.74, 6) is -0.525. The minimum absolute atomic E-state index is 0. The lowest BCUT2D eigenvalue weighted by molar-refractivity contribution is -0.122. The summed E-state index contributed by atoms with van der Waals surface area (Å²) in [6, 6.07) is 5.86. The summed E-state index contributed by atoms with van der Waals surface area (Å²) in [6.45, 7) is 5.02. The third-order valence-electron chi connectivity index (χ3n) is 5.24. The maximum Gasteiger partial charge on any atom is 0.251 e. The van der Waals surface area contributed by atoms with Crippen LogP contribution in [-0.4, -0.2) is 63.8 Å². The van der Waals surface area contributed by atoms with E-state index < -0.39 is 10.0 Å². The number of benzene rings is 1. The molecule has 1 aromatic carbocycles. The molecule has 2 aliphatic heterocycles. The lowest BCUT2D eigenvalue weighted by Crippen LogP contribution is -2.49. The highest BCUT2D eigenvalue weighted by Crippen LogP contribution is 2.26. The molecule has 2 aliphatic rings. The Morgan fingerprint density at radius 3 is 2.43 bits per heavy atom. The molecule has 0 unspecified atom stereocenters. The van der Waals surface area contributed by atoms with Crippen molar-refractivity contribution in [3.05, 3.63) is 29.8 Å². The average Bonchev–Trinajstić information content (AvgIpc) is 2.67. The zero-order valence-corrected chi connectivity index (χ0v) is 17.5. The molecule has 2 fully saturated rings. The van der Waals surface area contributed by atoms with E-state index in [0.29, 0.717) is 18.7 Å². The molecule has 0 spiro atoms. The van der Waals surface area contributed by atoms with Crippen LogP contribution in [0.15, 0.2) is 29.2 Å². The molecular weight excluding hydrogens is 404 g/mol. The SMILES string of the molecule is CC1(CNC(=O)c2ccc(S(=O)(=O)N3CCNC(=O)C3)cc2)CCNCC1.Cl. The number of hydrogen-bond donors (Lipinski definition) is 3. The van der Waals surface area contributed by atoms with Crippen LogP contribution in [-0.2, 0) is 14.8 Å². The highest BCUT2D eigenvalue weighted by Gasteiger charge is 2.30. The van der Waals surface area contributed by atoms with Gasteiger partial charge < -0.3 is 16.0 Å². The van der Waals surface area contributed by atoms with E-state index in [1.54, 1.807) is 0 Å². The van der Waals surface area contributed by atoms with Crippen LogP contribution in [0.1, 0.15) is 30.1 Å². The number of piperidine rings is 1. The smallest absolute Gasteiger partial charge is 0.251 e. The molecule has 0 bridgehead atoms. The molecule has 2 heterocycles. The van der Waals surface area contributed by atoms with Gasteiger partial charge in [-0.15, -0.1) is 12.4 Å². The minimum atomic E-state index is -3.74. The number of nitrogens with zero attached hydrogens (tertiary/aromatic N) is 1. The average molecular weight is 431 g/mol. The molecule has 1 aromatic rings. The second-order valence-electron chi connectivity index (χ2n) is 7.46. The van der Waals surface area contributed by atoms with E-state index in [-0.39, 0.29) is 47.6 Å². The fourth-order valence-corrected chi connectivity index (χ4v) is 4.75. The van der Waals surface area contributed by atoms with Gasteiger partial charge in [-0.1, -0.05) is 6.92 Å². The monoisotopic (exact) mass is 430 g/mol. The Hall–Kier alpha value is -1.68. The van der Waals surface area contributed by atoms with E-state index in [2.05, 4.69) is 22.9 Å². The van der Waals surface area contributed by atoms with Crippen LogP contribution in [0, 0.1) is 5.41 Å². The van der Waals surface area contributed by atoms with Gasteiger partial charge in [-0.2, -0.15) is 4.31 Å². The first-order valence-corrected chi connectivity index (χ1v) is 10.6. The molecule has 3 rings (SSSR count). The van der Waals surface area contributed by atoms with Crippen molar-refractivity contribution in [3.63, 3.8) is 0 Å². The number of carbonyl (C=O) groups is 2. The molecule has 0 aliphatic carbocycles. The van der Waals surface area contributed by atoms with Crippen molar-refractivity contribution >= 4 is 34.2 Å². The molecule has 2 saturated heterocycles. The molecule has 0 saturated carbocycles. The summed E-state index contributed by atoms with van der Waals surface area (Å²) in [5.41, 5.74) is 0.502. The molecule has 0 aromatic heterocycles. The first kappa shape index (κ1) is 22.6. The Morgan fingerprint density at radius 1 is 1.18 bits per heavy atom. The molecule has 3 N–H and O–H groups in total. The predicted molar refractivity (Wildman–Crippen MR) is 108 cm³/mol. The third-order valence-corrected chi connectivity index (χ3v) is 7.10. The second kappa shape index (κ2) is 9.21. The first-order valence-electron chi connectivity index (χ1n) is 9.16. The lowest BCUT2D eigenvalue weighted by Gasteiger charge is -2.34. The Labute approximate surface area is 171 Å². The summed E-state index contributed by atoms with van der Waals surface area (Å²) >= 11 is 0. The fraction of sp³-hybridized carbons (Fsp3) is 0.556. The van der Waals surface area contributed by atoms with Gasteiger partial charge in [-0.25, -0.2) is 8.42 Å². The van der Waals surface area contributed by atoms with Gasteiger partial charge in [0.15, 0.2) is 0 Å². The van der Waals surface area contributed by atoms with E-state index in [0.717, 1.165) is 30.2 Å². The number of carbonyl (C=O) groups excluding carboxylic acids is 2. The van der Waals surface area contributed by atoms with E-state index in [1.165, 1.54) is 24.3 Å². The highest BCUT2D eigenvalue weighted by atomic mass is 35.5. The second-order valence-corrected chi connectivity index (χ2v) is 9.39. The van der Waals surface area contributed by atoms with E-state index >= 15 is 0 Å². The zero-order chi connectivity index (χ0) is 19.5. The molecule has 0 radical (unpaired) electrons. The van der Waals surface area contributed by atoms with Gasteiger partial charge >= 0.3 is 0 Å². The lowest BCUT2D eigenvalue weighted by atomic mass is 9.81. The van der Waals surface area contributed by atoms with Gasteiger partial charge in [-0.3, -0.25) is 9.59 Å². The van der Waals surface area contributed by atoms with Crippen molar-refractivity contribution in [2.75, 3.05) is 39.3 Å². The van der Waals surface area contributed by atoms with Crippen molar-refractivity contribution in [3.8, 4) is 0 Å². The summed E-state index contributed by atoms with van der Waals surface area (Å²) in [4.78, 5) is 23.9. The standard InChI is InChI=1S/C18H26N4O4S.ClH/c1-18(6-8-19-9-7-18)13-21-17(24)14-2-4-15(5-3-14)27(25,26)22-11-10-20-16(23)12-22;/h2-5,19H,6-13H2,1H3,(H,20,23)(H,21,24);1H. The molecular formula is C18H27ClN4O4S. The van der Waals surface area contributed by atoms with Gasteiger partial charge in [0.05, 0.1) is 11.4 Å². The van der Waals surface area contributed by atoms with Crippen molar-refractivity contribution in [1.82, 2.24) is 20.3 Å². The van der Waals surface area contributed by atoms with Gasteiger partial charge in [-0.05, 0) is 55.6 Å². The van der Waals surface area contributed by atoms with Crippen LogP contribution in [0.25, 0.3) is 0 Å². The number of amides is 2. The minimum Gasteiger partial charge on any atom is -0.354 e. The van der Waals surface area contributed by atoms with Gasteiger partial charge in [0.1, 0.15) is 0 Å². The number of hydrogen-bond acceptors (Lipinski definition) is 5. The van der Waals surface area contributed by atoms with Crippen LogP contribution in [0.4, 0.5) is 0 Å². The van der Waals surface area contributed by atoms with Crippen molar-refractivity contribution in [2.24, 2.45) is 5.41 Å². The number of piperazine rings is 1. The van der Waals surface area contributed by atoms with Gasteiger partial charge in [0, 0.05) is 25.2 Å². The Kier molecular flexibility index (Phi) is 7.44. The molecule has 156 valence electrons.